The van der Waals surface area contributed by atoms with E-state index in [-0.39, 0.29) is 5.69 Å². The van der Waals surface area contributed by atoms with Gasteiger partial charge in [0.25, 0.3) is 0 Å². The quantitative estimate of drug-likeness (QED) is 0.423. The number of aromatic nitrogens is 1. The lowest BCUT2D eigenvalue weighted by molar-refractivity contribution is 0.643. The van der Waals surface area contributed by atoms with Crippen molar-refractivity contribution < 1.29 is 0 Å². The fourth-order valence-corrected chi connectivity index (χ4v) is 0.940. The van der Waals surface area contributed by atoms with Gasteiger partial charge in [0.1, 0.15) is 16.9 Å². The Bertz CT molecular complexity index is 392. The number of aliphatic imine (C=N–C) groups is 1. The van der Waals surface area contributed by atoms with Gasteiger partial charge in [0, 0.05) is 14.1 Å². The normalized spacial score (nSPS) is 10.1. The third kappa shape index (κ3) is 2.71. The molecule has 72 valence electrons. The summed E-state index contributed by atoms with van der Waals surface area (Å²) in [6, 6.07) is 5.19. The minimum Gasteiger partial charge on any atom is -0.369 e. The zero-order valence-electron chi connectivity index (χ0n) is 7.90. The molecule has 5 heteroatoms. The summed E-state index contributed by atoms with van der Waals surface area (Å²) in [6.45, 7) is 0. The van der Waals surface area contributed by atoms with Gasteiger partial charge in [-0.25, -0.2) is 9.98 Å². The van der Waals surface area contributed by atoms with E-state index in [0.29, 0.717) is 10.8 Å². The number of halogens is 1. The van der Waals surface area contributed by atoms with E-state index in [4.69, 9.17) is 16.9 Å². The number of pyridine rings is 1. The Kier molecular flexibility index (Phi) is 3.43. The van der Waals surface area contributed by atoms with E-state index in [1.54, 1.807) is 23.4 Å². The maximum atomic E-state index is 8.75. The van der Waals surface area contributed by atoms with Gasteiger partial charge < -0.3 is 4.90 Å². The number of hydrogen-bond acceptors (Lipinski definition) is 3. The van der Waals surface area contributed by atoms with Gasteiger partial charge in [-0.15, -0.1) is 0 Å². The Morgan fingerprint density at radius 1 is 1.57 bits per heavy atom. The zero-order chi connectivity index (χ0) is 10.6. The van der Waals surface area contributed by atoms with Crippen molar-refractivity contribution in [2.24, 2.45) is 4.99 Å². The number of nitriles is 1. The summed E-state index contributed by atoms with van der Waals surface area (Å²) in [5, 5.41) is 9.05. The first kappa shape index (κ1) is 10.5. The molecule has 0 N–H and O–H groups in total. The Morgan fingerprint density at radius 3 is 2.86 bits per heavy atom. The molecule has 0 aromatic carbocycles. The Balaban J connectivity index is 3.04. The summed E-state index contributed by atoms with van der Waals surface area (Å²) in [5.41, 5.74) is 0.751. The molecule has 0 aliphatic carbocycles. The first-order valence-electron chi connectivity index (χ1n) is 3.90. The van der Waals surface area contributed by atoms with E-state index < -0.39 is 0 Å². The van der Waals surface area contributed by atoms with E-state index in [1.165, 1.54) is 0 Å². The van der Waals surface area contributed by atoms with Gasteiger partial charge in [-0.1, -0.05) is 11.6 Å². The number of rotatable bonds is 2. The molecule has 0 radical (unpaired) electrons. The van der Waals surface area contributed by atoms with Crippen LogP contribution in [0.2, 0.25) is 5.15 Å². The topological polar surface area (TPSA) is 52.3 Å². The van der Waals surface area contributed by atoms with Crippen molar-refractivity contribution in [1.82, 2.24) is 9.88 Å². The Labute approximate surface area is 87.5 Å². The van der Waals surface area contributed by atoms with Gasteiger partial charge >= 0.3 is 0 Å². The van der Waals surface area contributed by atoms with Gasteiger partial charge in [-0.3, -0.25) is 0 Å². The summed E-state index contributed by atoms with van der Waals surface area (Å²) in [4.78, 5) is 9.69. The third-order valence-corrected chi connectivity index (χ3v) is 1.58. The molecule has 0 atom stereocenters. The summed E-state index contributed by atoms with van der Waals surface area (Å²) in [5.74, 6) is 0. The molecule has 0 unspecified atom stereocenters. The molecule has 0 aliphatic heterocycles. The SMILES string of the molecule is CN(C)C=Nc1ccc(Cl)nc1C#N. The fourth-order valence-electron chi connectivity index (χ4n) is 0.792. The molecular formula is C9H9ClN4. The number of nitrogens with zero attached hydrogens (tertiary/aromatic N) is 4. The van der Waals surface area contributed by atoms with Crippen LogP contribution in [0.5, 0.6) is 0 Å². The highest BCUT2D eigenvalue weighted by atomic mass is 35.5. The van der Waals surface area contributed by atoms with E-state index in [2.05, 4.69) is 9.98 Å². The lowest BCUT2D eigenvalue weighted by atomic mass is 10.3. The monoisotopic (exact) mass is 208 g/mol. The van der Waals surface area contributed by atoms with Gasteiger partial charge in [-0.2, -0.15) is 5.26 Å². The molecule has 0 fully saturated rings. The van der Waals surface area contributed by atoms with Crippen LogP contribution in [0.3, 0.4) is 0 Å². The smallest absolute Gasteiger partial charge is 0.167 e. The molecule has 1 aromatic rings. The molecular weight excluding hydrogens is 200 g/mol. The van der Waals surface area contributed by atoms with Crippen LogP contribution in [-0.2, 0) is 0 Å². The summed E-state index contributed by atoms with van der Waals surface area (Å²) in [7, 11) is 3.69. The van der Waals surface area contributed by atoms with Gasteiger partial charge in [0.2, 0.25) is 0 Å². The minimum atomic E-state index is 0.232. The molecule has 4 nitrogen and oxygen atoms in total. The molecule has 1 heterocycles. The molecule has 1 aromatic heterocycles. The third-order valence-electron chi connectivity index (χ3n) is 1.37. The van der Waals surface area contributed by atoms with Crippen LogP contribution in [0.1, 0.15) is 5.69 Å². The zero-order valence-corrected chi connectivity index (χ0v) is 8.65. The van der Waals surface area contributed by atoms with Crippen LogP contribution < -0.4 is 0 Å². The van der Waals surface area contributed by atoms with E-state index >= 15 is 0 Å². The van der Waals surface area contributed by atoms with Gasteiger partial charge in [0.05, 0.1) is 6.34 Å². The first-order chi connectivity index (χ1) is 6.63. The van der Waals surface area contributed by atoms with Crippen LogP contribution in [0.4, 0.5) is 5.69 Å². The second kappa shape index (κ2) is 4.58. The highest BCUT2D eigenvalue weighted by Crippen LogP contribution is 2.18. The largest absolute Gasteiger partial charge is 0.369 e. The predicted octanol–water partition coefficient (Wildman–Crippen LogP) is 1.83. The Hall–Kier alpha value is -1.60. The van der Waals surface area contributed by atoms with Crippen molar-refractivity contribution in [3.63, 3.8) is 0 Å². The van der Waals surface area contributed by atoms with Crippen molar-refractivity contribution in [2.45, 2.75) is 0 Å². The highest BCUT2D eigenvalue weighted by molar-refractivity contribution is 6.29. The van der Waals surface area contributed by atoms with E-state index in [1.807, 2.05) is 20.2 Å². The summed E-state index contributed by atoms with van der Waals surface area (Å²) >= 11 is 5.63. The maximum Gasteiger partial charge on any atom is 0.167 e. The maximum absolute atomic E-state index is 8.75. The second-order valence-corrected chi connectivity index (χ2v) is 3.21. The van der Waals surface area contributed by atoms with E-state index in [9.17, 15) is 0 Å². The molecule has 0 aliphatic rings. The number of hydrogen-bond donors (Lipinski definition) is 0. The molecule has 0 bridgehead atoms. The van der Waals surface area contributed by atoms with Crippen LogP contribution in [0, 0.1) is 11.3 Å². The molecule has 0 saturated heterocycles. The van der Waals surface area contributed by atoms with Crippen molar-refractivity contribution in [3.8, 4) is 6.07 Å². The molecule has 0 amide bonds. The predicted molar refractivity (Wildman–Crippen MR) is 55.8 cm³/mol. The minimum absolute atomic E-state index is 0.232. The van der Waals surface area contributed by atoms with Crippen LogP contribution in [0.25, 0.3) is 0 Å². The standard InChI is InChI=1S/C9H9ClN4/c1-14(2)6-12-7-3-4-9(10)13-8(7)5-11/h3-4,6H,1-2H3. The van der Waals surface area contributed by atoms with Crippen molar-refractivity contribution in [2.75, 3.05) is 14.1 Å². The van der Waals surface area contributed by atoms with Crippen LogP contribution in [0.15, 0.2) is 17.1 Å². The fraction of sp³-hybridized carbons (Fsp3) is 0.222. The molecule has 0 saturated carbocycles. The molecule has 14 heavy (non-hydrogen) atoms. The van der Waals surface area contributed by atoms with Crippen LogP contribution >= 0.6 is 11.6 Å². The lowest BCUT2D eigenvalue weighted by Crippen LogP contribution is -2.07. The van der Waals surface area contributed by atoms with Gasteiger partial charge in [-0.05, 0) is 12.1 Å². The highest BCUT2D eigenvalue weighted by Gasteiger charge is 2.01. The van der Waals surface area contributed by atoms with Crippen molar-refractivity contribution in [3.05, 3.63) is 23.0 Å². The van der Waals surface area contributed by atoms with Crippen molar-refractivity contribution in [1.29, 1.82) is 5.26 Å². The molecule has 0 spiro atoms. The second-order valence-electron chi connectivity index (χ2n) is 2.82. The summed E-state index contributed by atoms with van der Waals surface area (Å²) < 4.78 is 0. The van der Waals surface area contributed by atoms with Gasteiger partial charge in [0.15, 0.2) is 5.69 Å². The summed E-state index contributed by atoms with van der Waals surface area (Å²) in [6.07, 6.45) is 1.60. The van der Waals surface area contributed by atoms with Crippen LogP contribution in [-0.4, -0.2) is 30.3 Å². The first-order valence-corrected chi connectivity index (χ1v) is 4.28. The average Bonchev–Trinajstić information content (AvgIpc) is 2.15. The molecule has 1 rings (SSSR count). The average molecular weight is 209 g/mol. The van der Waals surface area contributed by atoms with Crippen molar-refractivity contribution >= 4 is 23.6 Å². The van der Waals surface area contributed by atoms with E-state index in [0.717, 1.165) is 0 Å². The Morgan fingerprint density at radius 2 is 2.29 bits per heavy atom. The lowest BCUT2D eigenvalue weighted by Gasteiger charge is -2.02.